The molecule has 0 atom stereocenters. The lowest BCUT2D eigenvalue weighted by Gasteiger charge is -2.11. The molecule has 1 aromatic heterocycles. The van der Waals surface area contributed by atoms with Crippen molar-refractivity contribution in [2.24, 2.45) is 0 Å². The van der Waals surface area contributed by atoms with Gasteiger partial charge in [0.2, 0.25) is 0 Å². The van der Waals surface area contributed by atoms with Crippen molar-refractivity contribution in [3.63, 3.8) is 0 Å². The molecule has 2 aromatic carbocycles. The molecule has 2 N–H and O–H groups in total. The van der Waals surface area contributed by atoms with E-state index in [9.17, 15) is 14.3 Å². The molecule has 0 fully saturated rings. The number of carboxylic acids is 1. The van der Waals surface area contributed by atoms with Crippen molar-refractivity contribution in [1.82, 2.24) is 9.88 Å². The van der Waals surface area contributed by atoms with Crippen LogP contribution in [0.5, 0.6) is 0 Å². The fraction of sp³-hybridized carbons (Fsp3) is 0.261. The third-order valence-electron chi connectivity index (χ3n) is 5.12. The highest BCUT2D eigenvalue weighted by Crippen LogP contribution is 2.24. The molecule has 0 saturated carbocycles. The molecule has 0 amide bonds. The number of hydrogen-bond acceptors (Lipinski definition) is 2. The molecule has 3 rings (SSSR count). The molecule has 0 bridgehead atoms. The predicted octanol–water partition coefficient (Wildman–Crippen LogP) is 4.59. The van der Waals surface area contributed by atoms with Crippen LogP contribution in [0.15, 0.2) is 48.5 Å². The predicted molar refractivity (Wildman–Crippen MR) is 108 cm³/mol. The van der Waals surface area contributed by atoms with Gasteiger partial charge < -0.3 is 15.0 Å². The van der Waals surface area contributed by atoms with Gasteiger partial charge in [-0.1, -0.05) is 48.0 Å². The van der Waals surface area contributed by atoms with Gasteiger partial charge in [-0.15, -0.1) is 0 Å². The first-order valence-electron chi connectivity index (χ1n) is 9.30. The summed E-state index contributed by atoms with van der Waals surface area (Å²) in [5, 5.41) is 13.1. The third-order valence-corrected chi connectivity index (χ3v) is 5.12. The van der Waals surface area contributed by atoms with Gasteiger partial charge in [0.05, 0.1) is 12.1 Å². The van der Waals surface area contributed by atoms with E-state index in [4.69, 9.17) is 0 Å². The van der Waals surface area contributed by atoms with Gasteiger partial charge in [-0.2, -0.15) is 0 Å². The molecule has 0 saturated heterocycles. The lowest BCUT2D eigenvalue weighted by atomic mass is 10.1. The maximum atomic E-state index is 14.1. The van der Waals surface area contributed by atoms with E-state index in [1.54, 1.807) is 25.1 Å². The summed E-state index contributed by atoms with van der Waals surface area (Å²) in [7, 11) is 0. The van der Waals surface area contributed by atoms with Gasteiger partial charge >= 0.3 is 5.97 Å². The van der Waals surface area contributed by atoms with Crippen LogP contribution in [0.4, 0.5) is 4.39 Å². The second-order valence-electron chi connectivity index (χ2n) is 7.10. The third kappa shape index (κ3) is 4.15. The normalized spacial score (nSPS) is 11.0. The van der Waals surface area contributed by atoms with Crippen molar-refractivity contribution >= 4 is 5.97 Å². The van der Waals surface area contributed by atoms with Crippen molar-refractivity contribution in [2.45, 2.75) is 40.4 Å². The first-order chi connectivity index (χ1) is 13.4. The van der Waals surface area contributed by atoms with Gasteiger partial charge in [0.1, 0.15) is 5.82 Å². The fourth-order valence-corrected chi connectivity index (χ4v) is 3.64. The van der Waals surface area contributed by atoms with Crippen LogP contribution in [0.1, 0.15) is 44.0 Å². The van der Waals surface area contributed by atoms with Crippen molar-refractivity contribution in [2.75, 3.05) is 0 Å². The molecule has 0 aliphatic rings. The molecular weight excluding hydrogens is 355 g/mol. The molecule has 5 heteroatoms. The number of nitrogens with zero attached hydrogens (tertiary/aromatic N) is 1. The minimum Gasteiger partial charge on any atom is -0.478 e. The summed E-state index contributed by atoms with van der Waals surface area (Å²) in [5.74, 6) is -1.24. The number of aromatic nitrogens is 1. The van der Waals surface area contributed by atoms with E-state index in [-0.39, 0.29) is 5.82 Å². The summed E-state index contributed by atoms with van der Waals surface area (Å²) in [6.45, 7) is 7.11. The van der Waals surface area contributed by atoms with Crippen LogP contribution in [0.25, 0.3) is 0 Å². The summed E-state index contributed by atoms with van der Waals surface area (Å²) >= 11 is 0. The number of aryl methyl sites for hydroxylation is 1. The second-order valence-corrected chi connectivity index (χ2v) is 7.10. The highest BCUT2D eigenvalue weighted by atomic mass is 19.1. The van der Waals surface area contributed by atoms with E-state index in [0.717, 1.165) is 16.8 Å². The van der Waals surface area contributed by atoms with Crippen molar-refractivity contribution < 1.29 is 14.3 Å². The lowest BCUT2D eigenvalue weighted by Crippen LogP contribution is -2.15. The number of aromatic carboxylic acids is 1. The summed E-state index contributed by atoms with van der Waals surface area (Å²) in [5.41, 5.74) is 5.40. The molecule has 146 valence electrons. The molecule has 0 aliphatic heterocycles. The average molecular weight is 380 g/mol. The zero-order valence-corrected chi connectivity index (χ0v) is 16.4. The minimum absolute atomic E-state index is 0.286. The molecule has 1 heterocycles. The Bertz CT molecular complexity index is 1010. The topological polar surface area (TPSA) is 54.3 Å². The molecule has 0 spiro atoms. The van der Waals surface area contributed by atoms with Crippen LogP contribution in [0, 0.1) is 26.6 Å². The first-order valence-corrected chi connectivity index (χ1v) is 9.30. The summed E-state index contributed by atoms with van der Waals surface area (Å²) in [4.78, 5) is 11.9. The Morgan fingerprint density at radius 2 is 1.79 bits per heavy atom. The van der Waals surface area contributed by atoms with Crippen molar-refractivity contribution in [3.8, 4) is 0 Å². The van der Waals surface area contributed by atoms with Gasteiger partial charge in [-0.25, -0.2) is 9.18 Å². The Morgan fingerprint density at radius 3 is 2.46 bits per heavy atom. The van der Waals surface area contributed by atoms with Gasteiger partial charge in [-0.3, -0.25) is 0 Å². The number of carboxylic acid groups (broad SMARTS) is 1. The second kappa shape index (κ2) is 8.40. The quantitative estimate of drug-likeness (QED) is 0.630. The Labute approximate surface area is 164 Å². The van der Waals surface area contributed by atoms with Crippen LogP contribution in [-0.4, -0.2) is 15.6 Å². The zero-order valence-electron chi connectivity index (χ0n) is 16.4. The van der Waals surface area contributed by atoms with E-state index in [1.165, 1.54) is 11.6 Å². The molecule has 4 nitrogen and oxygen atoms in total. The Balaban J connectivity index is 1.86. The van der Waals surface area contributed by atoms with Crippen LogP contribution < -0.4 is 5.32 Å². The van der Waals surface area contributed by atoms with Crippen LogP contribution >= 0.6 is 0 Å². The monoisotopic (exact) mass is 380 g/mol. The maximum absolute atomic E-state index is 14.1. The fourth-order valence-electron chi connectivity index (χ4n) is 3.64. The minimum atomic E-state index is -0.958. The number of hydrogen-bond donors (Lipinski definition) is 2. The molecular formula is C23H25FN2O2. The SMILES string of the molecule is Cc1cccc(CNCc2c(C(=O)O)c(C)n(Cc3ccccc3F)c2C)c1. The van der Waals surface area contributed by atoms with Crippen LogP contribution in [-0.2, 0) is 19.6 Å². The molecule has 0 radical (unpaired) electrons. The van der Waals surface area contributed by atoms with Crippen molar-refractivity contribution in [3.05, 3.63) is 93.6 Å². The molecule has 28 heavy (non-hydrogen) atoms. The Hall–Kier alpha value is -2.92. The number of nitrogens with one attached hydrogen (secondary N) is 1. The van der Waals surface area contributed by atoms with E-state index < -0.39 is 5.97 Å². The highest BCUT2D eigenvalue weighted by molar-refractivity contribution is 5.91. The number of carbonyl (C=O) groups is 1. The molecule has 0 aliphatic carbocycles. The summed E-state index contributed by atoms with van der Waals surface area (Å²) in [6.07, 6.45) is 0. The largest absolute Gasteiger partial charge is 0.478 e. The van der Waals surface area contributed by atoms with E-state index in [2.05, 4.69) is 11.4 Å². The van der Waals surface area contributed by atoms with Crippen LogP contribution in [0.2, 0.25) is 0 Å². The van der Waals surface area contributed by atoms with E-state index >= 15 is 0 Å². The maximum Gasteiger partial charge on any atom is 0.337 e. The van der Waals surface area contributed by atoms with E-state index in [0.29, 0.717) is 36.5 Å². The van der Waals surface area contributed by atoms with Gasteiger partial charge in [0.15, 0.2) is 0 Å². The average Bonchev–Trinajstić information content (AvgIpc) is 2.88. The summed E-state index contributed by atoms with van der Waals surface area (Å²) in [6, 6.07) is 14.8. The van der Waals surface area contributed by atoms with Crippen molar-refractivity contribution in [1.29, 1.82) is 0 Å². The number of benzene rings is 2. The highest BCUT2D eigenvalue weighted by Gasteiger charge is 2.22. The number of halogens is 1. The lowest BCUT2D eigenvalue weighted by molar-refractivity contribution is 0.0694. The zero-order chi connectivity index (χ0) is 20.3. The van der Waals surface area contributed by atoms with Gasteiger partial charge in [0, 0.05) is 35.6 Å². The van der Waals surface area contributed by atoms with Gasteiger partial charge in [-0.05, 0) is 32.4 Å². The first kappa shape index (κ1) is 19.8. The summed E-state index contributed by atoms with van der Waals surface area (Å²) < 4.78 is 16.0. The van der Waals surface area contributed by atoms with Gasteiger partial charge in [0.25, 0.3) is 0 Å². The van der Waals surface area contributed by atoms with Crippen LogP contribution in [0.3, 0.4) is 0 Å². The number of rotatable bonds is 7. The molecule has 0 unspecified atom stereocenters. The standard InChI is InChI=1S/C23H25FN2O2/c1-15-7-6-8-18(11-15)12-25-13-20-16(2)26(17(3)22(20)23(27)28)14-19-9-4-5-10-21(19)24/h4-11,25H,12-14H2,1-3H3,(H,27,28). The smallest absolute Gasteiger partial charge is 0.337 e. The van der Waals surface area contributed by atoms with E-state index in [1.807, 2.05) is 36.6 Å². The molecule has 3 aromatic rings. The Kier molecular flexibility index (Phi) is 5.95. The Morgan fingerprint density at radius 1 is 1.04 bits per heavy atom.